The Labute approximate surface area is 249 Å². The maximum absolute atomic E-state index is 14.0. The van der Waals surface area contributed by atoms with Gasteiger partial charge in [-0.1, -0.05) is 24.3 Å². The predicted molar refractivity (Wildman–Crippen MR) is 159 cm³/mol. The number of hydrogen-bond donors (Lipinski definition) is 2. The van der Waals surface area contributed by atoms with Crippen LogP contribution in [-0.4, -0.2) is 54.6 Å². The number of hydrogen-bond acceptors (Lipinski definition) is 6. The molecule has 0 aliphatic heterocycles. The van der Waals surface area contributed by atoms with Gasteiger partial charge in [0, 0.05) is 41.9 Å². The smallest absolute Gasteiger partial charge is 0.254 e. The number of carbonyl (C=O) groups is 2. The Morgan fingerprint density at radius 1 is 0.814 bits per heavy atom. The summed E-state index contributed by atoms with van der Waals surface area (Å²) >= 11 is 0. The van der Waals surface area contributed by atoms with Gasteiger partial charge in [0.25, 0.3) is 5.91 Å². The molecule has 4 aromatic rings. The van der Waals surface area contributed by atoms with E-state index in [9.17, 15) is 23.5 Å². The topological polar surface area (TPSA) is 102 Å². The number of ketones is 1. The fourth-order valence-corrected chi connectivity index (χ4v) is 4.86. The monoisotopic (exact) mass is 588 g/mol. The second-order valence-corrected chi connectivity index (χ2v) is 10.4. The third kappa shape index (κ3) is 8.24. The van der Waals surface area contributed by atoms with Gasteiger partial charge in [-0.05, 0) is 84.6 Å². The lowest BCUT2D eigenvalue weighted by atomic mass is 9.97. The van der Waals surface area contributed by atoms with Crippen LogP contribution < -0.4 is 15.2 Å². The molecule has 224 valence electrons. The second kappa shape index (κ2) is 14.0. The quantitative estimate of drug-likeness (QED) is 0.224. The molecular formula is C34H34F2N2O5. The van der Waals surface area contributed by atoms with E-state index < -0.39 is 29.7 Å². The summed E-state index contributed by atoms with van der Waals surface area (Å²) < 4.78 is 38.0. The Morgan fingerprint density at radius 2 is 1.44 bits per heavy atom. The van der Waals surface area contributed by atoms with Crippen molar-refractivity contribution in [1.82, 2.24) is 4.90 Å². The second-order valence-electron chi connectivity index (χ2n) is 10.4. The number of methoxy groups -OCH3 is 2. The molecule has 0 fully saturated rings. The lowest BCUT2D eigenvalue weighted by Gasteiger charge is -2.29. The van der Waals surface area contributed by atoms with Gasteiger partial charge >= 0.3 is 0 Å². The Bertz CT molecular complexity index is 1590. The van der Waals surface area contributed by atoms with Crippen molar-refractivity contribution in [3.8, 4) is 11.5 Å². The summed E-state index contributed by atoms with van der Waals surface area (Å²) in [6.07, 6.45) is -1.25. The van der Waals surface area contributed by atoms with Crippen molar-refractivity contribution in [1.29, 1.82) is 0 Å². The zero-order valence-electron chi connectivity index (χ0n) is 24.2. The molecule has 4 aromatic carbocycles. The summed E-state index contributed by atoms with van der Waals surface area (Å²) in [7, 11) is 3.05. The fourth-order valence-electron chi connectivity index (χ4n) is 4.86. The molecule has 2 atom stereocenters. The van der Waals surface area contributed by atoms with E-state index in [1.807, 2.05) is 6.07 Å². The third-order valence-electron chi connectivity index (χ3n) is 7.01. The highest BCUT2D eigenvalue weighted by Crippen LogP contribution is 2.22. The normalized spacial score (nSPS) is 12.3. The van der Waals surface area contributed by atoms with Crippen LogP contribution in [0.4, 0.5) is 8.78 Å². The summed E-state index contributed by atoms with van der Waals surface area (Å²) in [4.78, 5) is 28.8. The number of rotatable bonds is 12. The molecule has 7 nitrogen and oxygen atoms in total. The van der Waals surface area contributed by atoms with Gasteiger partial charge in [-0.15, -0.1) is 0 Å². The summed E-state index contributed by atoms with van der Waals surface area (Å²) in [5.41, 5.74) is 8.95. The van der Waals surface area contributed by atoms with E-state index in [2.05, 4.69) is 0 Å². The zero-order chi connectivity index (χ0) is 31.1. The van der Waals surface area contributed by atoms with E-state index in [0.29, 0.717) is 28.2 Å². The van der Waals surface area contributed by atoms with Gasteiger partial charge in [-0.25, -0.2) is 8.78 Å². The van der Waals surface area contributed by atoms with Crippen molar-refractivity contribution in [2.45, 2.75) is 32.0 Å². The minimum absolute atomic E-state index is 0.0132. The van der Waals surface area contributed by atoms with Gasteiger partial charge in [-0.2, -0.15) is 0 Å². The number of aliphatic hydroxyl groups is 1. The van der Waals surface area contributed by atoms with Gasteiger partial charge in [0.05, 0.1) is 20.3 Å². The summed E-state index contributed by atoms with van der Waals surface area (Å²) in [5.74, 6) is -1.08. The number of aryl methyl sites for hydroxylation is 1. The van der Waals surface area contributed by atoms with Crippen molar-refractivity contribution >= 4 is 11.7 Å². The molecule has 1 amide bonds. The van der Waals surface area contributed by atoms with Gasteiger partial charge in [0.1, 0.15) is 23.1 Å². The van der Waals surface area contributed by atoms with Gasteiger partial charge < -0.3 is 25.2 Å². The number of ether oxygens (including phenoxy) is 2. The minimum atomic E-state index is -1.23. The number of nitrogens with two attached hydrogens (primary N) is 1. The van der Waals surface area contributed by atoms with Crippen LogP contribution in [0, 0.1) is 18.6 Å². The van der Waals surface area contributed by atoms with E-state index in [1.54, 1.807) is 61.5 Å². The van der Waals surface area contributed by atoms with Gasteiger partial charge in [0.2, 0.25) is 0 Å². The summed E-state index contributed by atoms with van der Waals surface area (Å²) in [6.45, 7) is 1.71. The average molecular weight is 589 g/mol. The lowest BCUT2D eigenvalue weighted by molar-refractivity contribution is 0.0554. The van der Waals surface area contributed by atoms with E-state index in [1.165, 1.54) is 25.2 Å². The molecule has 0 bridgehead atoms. The van der Waals surface area contributed by atoms with Crippen LogP contribution in [0.15, 0.2) is 84.9 Å². The Kier molecular flexibility index (Phi) is 10.2. The van der Waals surface area contributed by atoms with Crippen LogP contribution in [0.1, 0.15) is 43.0 Å². The molecule has 0 radical (unpaired) electrons. The van der Waals surface area contributed by atoms with E-state index in [0.717, 1.165) is 23.8 Å². The van der Waals surface area contributed by atoms with Gasteiger partial charge in [0.15, 0.2) is 5.78 Å². The molecule has 0 aromatic heterocycles. The molecule has 0 unspecified atom stereocenters. The Balaban J connectivity index is 1.63. The predicted octanol–water partition coefficient (Wildman–Crippen LogP) is 5.09. The SMILES string of the molecule is COc1cccc(CN(C[C@@H](O)[C@@H](N)Cc2cc(F)cc(F)c2)C(=O)c2cc(C)cc(C(=O)c3cccc(OC)c3)c2)c1. The van der Waals surface area contributed by atoms with Crippen molar-refractivity contribution in [3.05, 3.63) is 130 Å². The maximum atomic E-state index is 14.0. The molecule has 0 aliphatic rings. The summed E-state index contributed by atoms with van der Waals surface area (Å²) in [6, 6.07) is 20.9. The van der Waals surface area contributed by atoms with Gasteiger partial charge in [-0.3, -0.25) is 9.59 Å². The first-order valence-electron chi connectivity index (χ1n) is 13.7. The highest BCUT2D eigenvalue weighted by Gasteiger charge is 2.25. The van der Waals surface area contributed by atoms with Crippen LogP contribution in [0.25, 0.3) is 0 Å². The Hall–Kier alpha value is -4.60. The Morgan fingerprint density at radius 3 is 2.12 bits per heavy atom. The molecule has 9 heteroatoms. The molecule has 0 heterocycles. The zero-order valence-corrected chi connectivity index (χ0v) is 24.2. The molecule has 4 rings (SSSR count). The number of halogens is 2. The standard InChI is InChI=1S/C34H34F2N2O5/c1-21-10-25(33(40)24-7-5-9-30(17-24)43-3)16-26(11-21)34(41)38(19-22-6-4-8-29(14-22)42-2)20-32(39)31(37)15-23-12-27(35)18-28(36)13-23/h4-14,16-18,31-32,39H,15,19-20,37H2,1-3H3/t31-,32+/m0/s1. The van der Waals surface area contributed by atoms with E-state index in [-0.39, 0.29) is 36.4 Å². The first-order chi connectivity index (χ1) is 20.6. The van der Waals surface area contributed by atoms with Crippen molar-refractivity contribution in [2.75, 3.05) is 20.8 Å². The molecule has 0 saturated heterocycles. The third-order valence-corrected chi connectivity index (χ3v) is 7.01. The minimum Gasteiger partial charge on any atom is -0.497 e. The first-order valence-corrected chi connectivity index (χ1v) is 13.7. The fraction of sp³-hybridized carbons (Fsp3) is 0.235. The van der Waals surface area contributed by atoms with Crippen LogP contribution in [0.2, 0.25) is 0 Å². The number of aliphatic hydroxyl groups excluding tert-OH is 1. The molecule has 43 heavy (non-hydrogen) atoms. The lowest BCUT2D eigenvalue weighted by Crippen LogP contribution is -2.46. The van der Waals surface area contributed by atoms with Crippen molar-refractivity contribution in [2.24, 2.45) is 5.73 Å². The van der Waals surface area contributed by atoms with Crippen molar-refractivity contribution in [3.63, 3.8) is 0 Å². The van der Waals surface area contributed by atoms with E-state index in [4.69, 9.17) is 15.2 Å². The number of amides is 1. The summed E-state index contributed by atoms with van der Waals surface area (Å²) in [5, 5.41) is 11.1. The number of nitrogens with zero attached hydrogens (tertiary/aromatic N) is 1. The van der Waals surface area contributed by atoms with Crippen LogP contribution in [0.3, 0.4) is 0 Å². The first kappa shape index (κ1) is 31.3. The number of benzene rings is 4. The highest BCUT2D eigenvalue weighted by atomic mass is 19.1. The van der Waals surface area contributed by atoms with Crippen LogP contribution in [0.5, 0.6) is 11.5 Å². The van der Waals surface area contributed by atoms with Crippen LogP contribution >= 0.6 is 0 Å². The highest BCUT2D eigenvalue weighted by molar-refractivity contribution is 6.10. The van der Waals surface area contributed by atoms with E-state index >= 15 is 0 Å². The van der Waals surface area contributed by atoms with Crippen molar-refractivity contribution < 1.29 is 33.0 Å². The average Bonchev–Trinajstić information content (AvgIpc) is 2.99. The maximum Gasteiger partial charge on any atom is 0.254 e. The molecule has 0 aliphatic carbocycles. The molecular weight excluding hydrogens is 554 g/mol. The van der Waals surface area contributed by atoms with Crippen LogP contribution in [-0.2, 0) is 13.0 Å². The molecule has 0 spiro atoms. The molecule has 0 saturated carbocycles. The largest absolute Gasteiger partial charge is 0.497 e. The number of carbonyl (C=O) groups excluding carboxylic acids is 2. The molecule has 3 N–H and O–H groups in total.